The molecule has 0 aliphatic heterocycles. The third-order valence-corrected chi connectivity index (χ3v) is 3.26. The molecule has 0 spiro atoms. The van der Waals surface area contributed by atoms with Gasteiger partial charge in [0.25, 0.3) is 0 Å². The van der Waals surface area contributed by atoms with Crippen LogP contribution in [0.15, 0.2) is 42.5 Å². The van der Waals surface area contributed by atoms with E-state index >= 15 is 0 Å². The molecule has 3 rings (SSSR count). The maximum atomic E-state index is 12.6. The van der Waals surface area contributed by atoms with Crippen LogP contribution in [-0.2, 0) is 6.54 Å². The number of ether oxygens (including phenoxy) is 1. The van der Waals surface area contributed by atoms with Crippen LogP contribution < -0.4 is 4.74 Å². The zero-order valence-corrected chi connectivity index (χ0v) is 12.3. The van der Waals surface area contributed by atoms with Crippen LogP contribution in [0.2, 0.25) is 0 Å². The molecule has 3 aromatic rings. The van der Waals surface area contributed by atoms with Crippen LogP contribution in [0.25, 0.3) is 22.2 Å². The van der Waals surface area contributed by atoms with Crippen molar-refractivity contribution in [2.75, 3.05) is 0 Å². The normalized spacial score (nSPS) is 12.6. The van der Waals surface area contributed by atoms with Crippen molar-refractivity contribution in [3.63, 3.8) is 0 Å². The summed E-state index contributed by atoms with van der Waals surface area (Å²) in [5.41, 5.74) is 1.48. The minimum Gasteiger partial charge on any atom is -0.406 e. The minimum absolute atomic E-state index is 0.172. The highest BCUT2D eigenvalue weighted by atomic mass is 19.4. The fourth-order valence-corrected chi connectivity index (χ4v) is 2.28. The molecule has 1 aromatic heterocycles. The summed E-state index contributed by atoms with van der Waals surface area (Å²) in [6.45, 7) is -1.29. The highest BCUT2D eigenvalue weighted by Crippen LogP contribution is 2.28. The summed E-state index contributed by atoms with van der Waals surface area (Å²) >= 11 is 0. The number of aromatic nitrogens is 3. The molecule has 0 N–H and O–H groups in total. The summed E-state index contributed by atoms with van der Waals surface area (Å²) in [6.07, 6.45) is -9.25. The lowest BCUT2D eigenvalue weighted by Crippen LogP contribution is -2.18. The van der Waals surface area contributed by atoms with Crippen LogP contribution in [0.5, 0.6) is 5.75 Å². The Kier molecular flexibility index (Phi) is 4.05. The summed E-state index contributed by atoms with van der Waals surface area (Å²) in [5.74, 6) is -0.388. The second kappa shape index (κ2) is 5.94. The second-order valence-corrected chi connectivity index (χ2v) is 5.14. The van der Waals surface area contributed by atoms with Gasteiger partial charge in [-0.25, -0.2) is 4.68 Å². The Morgan fingerprint density at radius 3 is 2.12 bits per heavy atom. The zero-order chi connectivity index (χ0) is 18.2. The predicted octanol–water partition coefficient (Wildman–Crippen LogP) is 4.56. The van der Waals surface area contributed by atoms with Gasteiger partial charge in [0.2, 0.25) is 0 Å². The van der Waals surface area contributed by atoms with Crippen LogP contribution in [0.1, 0.15) is 0 Å². The van der Waals surface area contributed by atoms with Gasteiger partial charge in [0.05, 0.1) is 5.52 Å². The van der Waals surface area contributed by atoms with Crippen LogP contribution in [0.4, 0.5) is 26.3 Å². The summed E-state index contributed by atoms with van der Waals surface area (Å²) in [6, 6.07) is 9.52. The van der Waals surface area contributed by atoms with Crippen molar-refractivity contribution in [3.8, 4) is 16.9 Å². The third kappa shape index (κ3) is 4.20. The zero-order valence-electron chi connectivity index (χ0n) is 12.3. The molecule has 0 radical (unpaired) electrons. The Labute approximate surface area is 136 Å². The van der Waals surface area contributed by atoms with Gasteiger partial charge >= 0.3 is 12.5 Å². The van der Waals surface area contributed by atoms with Crippen molar-refractivity contribution in [2.45, 2.75) is 19.1 Å². The van der Waals surface area contributed by atoms with Gasteiger partial charge in [-0.1, -0.05) is 23.4 Å². The fourth-order valence-electron chi connectivity index (χ4n) is 2.28. The molecule has 0 amide bonds. The average molecular weight is 361 g/mol. The molecule has 0 saturated heterocycles. The first-order chi connectivity index (χ1) is 11.6. The number of fused-ring (bicyclic) bond motifs is 1. The van der Waals surface area contributed by atoms with Crippen molar-refractivity contribution in [3.05, 3.63) is 42.5 Å². The van der Waals surface area contributed by atoms with Crippen molar-refractivity contribution in [1.82, 2.24) is 15.0 Å². The number of hydrogen-bond acceptors (Lipinski definition) is 3. The van der Waals surface area contributed by atoms with Gasteiger partial charge in [-0.2, -0.15) is 13.2 Å². The van der Waals surface area contributed by atoms with Gasteiger partial charge in [0.1, 0.15) is 17.8 Å². The molecule has 1 heterocycles. The molecular weight excluding hydrogens is 352 g/mol. The van der Waals surface area contributed by atoms with Gasteiger partial charge < -0.3 is 4.74 Å². The summed E-state index contributed by atoms with van der Waals surface area (Å²) in [4.78, 5) is 0. The first-order valence-corrected chi connectivity index (χ1v) is 6.87. The molecule has 10 heteroatoms. The van der Waals surface area contributed by atoms with E-state index in [1.54, 1.807) is 6.07 Å². The molecule has 0 atom stereocenters. The molecule has 0 unspecified atom stereocenters. The van der Waals surface area contributed by atoms with Crippen LogP contribution >= 0.6 is 0 Å². The Morgan fingerprint density at radius 1 is 0.880 bits per heavy atom. The lowest BCUT2D eigenvalue weighted by atomic mass is 10.0. The largest absolute Gasteiger partial charge is 0.573 e. The van der Waals surface area contributed by atoms with E-state index in [-0.39, 0.29) is 16.8 Å². The molecule has 0 saturated carbocycles. The van der Waals surface area contributed by atoms with Crippen molar-refractivity contribution in [1.29, 1.82) is 0 Å². The van der Waals surface area contributed by atoms with E-state index in [1.165, 1.54) is 24.3 Å². The number of benzene rings is 2. The van der Waals surface area contributed by atoms with E-state index < -0.39 is 19.1 Å². The maximum absolute atomic E-state index is 12.6. The quantitative estimate of drug-likeness (QED) is 0.642. The molecule has 0 aliphatic rings. The van der Waals surface area contributed by atoms with Gasteiger partial charge in [-0.3, -0.25) is 0 Å². The minimum atomic E-state index is -4.80. The topological polar surface area (TPSA) is 39.9 Å². The van der Waals surface area contributed by atoms with E-state index in [9.17, 15) is 26.3 Å². The number of nitrogens with zero attached hydrogens (tertiary/aromatic N) is 3. The maximum Gasteiger partial charge on any atom is 0.573 e. The molecule has 4 nitrogen and oxygen atoms in total. The van der Waals surface area contributed by atoms with E-state index in [1.807, 2.05) is 0 Å². The summed E-state index contributed by atoms with van der Waals surface area (Å²) in [5, 5.41) is 7.13. The third-order valence-electron chi connectivity index (χ3n) is 3.26. The molecule has 132 valence electrons. The van der Waals surface area contributed by atoms with Crippen LogP contribution in [0, 0.1) is 0 Å². The van der Waals surface area contributed by atoms with E-state index in [4.69, 9.17) is 0 Å². The van der Waals surface area contributed by atoms with Gasteiger partial charge in [-0.05, 0) is 35.4 Å². The Bertz CT molecular complexity index is 883. The first kappa shape index (κ1) is 17.1. The molecule has 0 fully saturated rings. The molecule has 0 bridgehead atoms. The molecular formula is C15H9F6N3O. The Morgan fingerprint density at radius 2 is 1.52 bits per heavy atom. The summed E-state index contributed by atoms with van der Waals surface area (Å²) in [7, 11) is 0. The Balaban J connectivity index is 1.92. The van der Waals surface area contributed by atoms with E-state index in [0.29, 0.717) is 11.1 Å². The van der Waals surface area contributed by atoms with Crippen LogP contribution in [-0.4, -0.2) is 27.5 Å². The van der Waals surface area contributed by atoms with Gasteiger partial charge in [0, 0.05) is 0 Å². The van der Waals surface area contributed by atoms with E-state index in [0.717, 1.165) is 16.8 Å². The predicted molar refractivity (Wildman–Crippen MR) is 75.7 cm³/mol. The lowest BCUT2D eigenvalue weighted by molar-refractivity contribution is -0.274. The SMILES string of the molecule is FC(F)(F)Cn1nnc2ccc(-c3ccc(OC(F)(F)F)cc3)cc21. The lowest BCUT2D eigenvalue weighted by Gasteiger charge is -2.10. The second-order valence-electron chi connectivity index (χ2n) is 5.14. The van der Waals surface area contributed by atoms with Gasteiger partial charge in [-0.15, -0.1) is 18.3 Å². The number of alkyl halides is 6. The monoisotopic (exact) mass is 361 g/mol. The highest BCUT2D eigenvalue weighted by Gasteiger charge is 2.31. The number of rotatable bonds is 3. The van der Waals surface area contributed by atoms with Crippen molar-refractivity contribution < 1.29 is 31.1 Å². The Hall–Kier alpha value is -2.78. The summed E-state index contributed by atoms with van der Waals surface area (Å²) < 4.78 is 78.6. The smallest absolute Gasteiger partial charge is 0.406 e. The van der Waals surface area contributed by atoms with Crippen molar-refractivity contribution in [2.24, 2.45) is 0 Å². The van der Waals surface area contributed by atoms with Crippen LogP contribution in [0.3, 0.4) is 0 Å². The first-order valence-electron chi connectivity index (χ1n) is 6.87. The standard InChI is InChI=1S/C15H9F6N3O/c16-14(17,18)8-24-13-7-10(3-6-12(13)22-23-24)9-1-4-11(5-2-9)25-15(19,20)21/h1-7H,8H2. The fraction of sp³-hybridized carbons (Fsp3) is 0.200. The number of halogens is 6. The molecule has 0 aliphatic carbocycles. The highest BCUT2D eigenvalue weighted by molar-refractivity contribution is 5.81. The van der Waals surface area contributed by atoms with Crippen molar-refractivity contribution >= 4 is 11.0 Å². The average Bonchev–Trinajstić information content (AvgIpc) is 2.87. The van der Waals surface area contributed by atoms with Gasteiger partial charge in [0.15, 0.2) is 0 Å². The molecule has 2 aromatic carbocycles. The number of hydrogen-bond donors (Lipinski definition) is 0. The molecule has 25 heavy (non-hydrogen) atoms. The van der Waals surface area contributed by atoms with E-state index in [2.05, 4.69) is 15.0 Å².